The number of nitrogens with zero attached hydrogens (tertiary/aromatic N) is 3. The molecule has 0 spiro atoms. The van der Waals surface area contributed by atoms with E-state index < -0.39 is 12.2 Å². The van der Waals surface area contributed by atoms with Crippen LogP contribution in [0.1, 0.15) is 16.9 Å². The Morgan fingerprint density at radius 3 is 2.64 bits per heavy atom. The number of carbonyl (C=O) groups excluding carboxylic acids is 1. The number of benzene rings is 1. The van der Waals surface area contributed by atoms with Gasteiger partial charge in [0.05, 0.1) is 37.2 Å². The summed E-state index contributed by atoms with van der Waals surface area (Å²) in [5, 5.41) is 28.0. The molecular weight excluding hydrogens is 360 g/mol. The number of aromatic nitrogens is 2. The summed E-state index contributed by atoms with van der Waals surface area (Å²) in [5.41, 5.74) is 2.06. The number of morpholine rings is 1. The number of rotatable bonds is 3. The van der Waals surface area contributed by atoms with Gasteiger partial charge in [0.25, 0.3) is 5.91 Å². The van der Waals surface area contributed by atoms with Gasteiger partial charge in [0.15, 0.2) is 0 Å². The molecule has 3 N–H and O–H groups in total. The van der Waals surface area contributed by atoms with Crippen molar-refractivity contribution in [1.29, 1.82) is 0 Å². The van der Waals surface area contributed by atoms with Crippen LogP contribution in [0, 0.1) is 0 Å². The Balaban J connectivity index is 1.52. The monoisotopic (exact) mass is 386 g/mol. The number of nitrogens with one attached hydrogen (secondary N) is 1. The molecule has 1 aromatic heterocycles. The molecule has 0 bridgehead atoms. The smallest absolute Gasteiger partial charge is 0.271 e. The predicted molar refractivity (Wildman–Crippen MR) is 103 cm³/mol. The van der Waals surface area contributed by atoms with Crippen LogP contribution in [0.5, 0.6) is 0 Å². The molecule has 2 fully saturated rings. The third-order valence-corrected chi connectivity index (χ3v) is 5.57. The predicted octanol–water partition coefficient (Wildman–Crippen LogP) is 0.345. The van der Waals surface area contributed by atoms with Gasteiger partial charge in [-0.25, -0.2) is 0 Å². The maximum absolute atomic E-state index is 13.1. The van der Waals surface area contributed by atoms with E-state index in [1.807, 2.05) is 30.3 Å². The molecule has 2 aromatic rings. The molecule has 3 heterocycles. The first kappa shape index (κ1) is 19.1. The van der Waals surface area contributed by atoms with E-state index in [1.165, 1.54) is 0 Å². The van der Waals surface area contributed by atoms with Crippen LogP contribution in [-0.2, 0) is 4.74 Å². The highest BCUT2D eigenvalue weighted by molar-refractivity contribution is 5.93. The van der Waals surface area contributed by atoms with Crippen LogP contribution < -0.4 is 0 Å². The van der Waals surface area contributed by atoms with Crippen molar-refractivity contribution in [2.45, 2.75) is 24.7 Å². The third-order valence-electron chi connectivity index (χ3n) is 5.57. The Hall–Kier alpha value is -2.26. The second-order valence-electron chi connectivity index (χ2n) is 7.35. The SMILES string of the molecule is O=C(c1cc(-c2ccccc2)n[nH]1)N1CC[C@@H](O)[C@@H](O)[C@H](N2CCOCC2)C1. The van der Waals surface area contributed by atoms with Crippen molar-refractivity contribution in [3.8, 4) is 11.3 Å². The highest BCUT2D eigenvalue weighted by Crippen LogP contribution is 2.22. The number of hydrogen-bond acceptors (Lipinski definition) is 6. The summed E-state index contributed by atoms with van der Waals surface area (Å²) in [6.07, 6.45) is -1.40. The van der Waals surface area contributed by atoms with E-state index >= 15 is 0 Å². The highest BCUT2D eigenvalue weighted by atomic mass is 16.5. The van der Waals surface area contributed by atoms with Gasteiger partial charge in [0.2, 0.25) is 0 Å². The maximum atomic E-state index is 13.1. The summed E-state index contributed by atoms with van der Waals surface area (Å²) in [6.45, 7) is 3.29. The molecular formula is C20H26N4O4. The Kier molecular flexibility index (Phi) is 5.72. The fourth-order valence-electron chi connectivity index (χ4n) is 3.92. The zero-order chi connectivity index (χ0) is 19.5. The van der Waals surface area contributed by atoms with Crippen molar-refractivity contribution in [2.75, 3.05) is 39.4 Å². The van der Waals surface area contributed by atoms with E-state index in [-0.39, 0.29) is 11.9 Å². The number of ether oxygens (including phenoxy) is 1. The van der Waals surface area contributed by atoms with Gasteiger partial charge >= 0.3 is 0 Å². The lowest BCUT2D eigenvalue weighted by atomic mass is 10.0. The Labute approximate surface area is 163 Å². The summed E-state index contributed by atoms with van der Waals surface area (Å²) in [6, 6.07) is 11.1. The van der Waals surface area contributed by atoms with E-state index in [9.17, 15) is 15.0 Å². The van der Waals surface area contributed by atoms with Crippen LogP contribution in [0.25, 0.3) is 11.3 Å². The molecule has 2 aliphatic rings. The summed E-state index contributed by atoms with van der Waals surface area (Å²) in [5.74, 6) is -0.172. The Bertz CT molecular complexity index is 791. The number of aliphatic hydroxyl groups excluding tert-OH is 2. The number of amides is 1. The Morgan fingerprint density at radius 1 is 1.14 bits per heavy atom. The lowest BCUT2D eigenvalue weighted by molar-refractivity contribution is -0.0609. The minimum absolute atomic E-state index is 0.172. The largest absolute Gasteiger partial charge is 0.390 e. The average molecular weight is 386 g/mol. The van der Waals surface area contributed by atoms with Gasteiger partial charge in [-0.15, -0.1) is 0 Å². The summed E-state index contributed by atoms with van der Waals surface area (Å²) >= 11 is 0. The van der Waals surface area contributed by atoms with Crippen molar-refractivity contribution in [3.05, 3.63) is 42.1 Å². The summed E-state index contributed by atoms with van der Waals surface area (Å²) < 4.78 is 5.39. The van der Waals surface area contributed by atoms with Gasteiger partial charge in [-0.3, -0.25) is 14.8 Å². The minimum atomic E-state index is -0.891. The number of H-pyrrole nitrogens is 1. The molecule has 28 heavy (non-hydrogen) atoms. The number of likely N-dealkylation sites (tertiary alicyclic amines) is 1. The molecule has 3 atom stereocenters. The highest BCUT2D eigenvalue weighted by Gasteiger charge is 2.37. The molecule has 1 amide bonds. The van der Waals surface area contributed by atoms with Gasteiger partial charge in [-0.1, -0.05) is 30.3 Å². The molecule has 1 aromatic carbocycles. The molecule has 8 nitrogen and oxygen atoms in total. The molecule has 0 aliphatic carbocycles. The molecule has 0 saturated carbocycles. The van der Waals surface area contributed by atoms with Gasteiger partial charge < -0.3 is 19.8 Å². The van der Waals surface area contributed by atoms with Gasteiger partial charge in [0, 0.05) is 31.7 Å². The number of aromatic amines is 1. The Morgan fingerprint density at radius 2 is 1.89 bits per heavy atom. The molecule has 8 heteroatoms. The fourth-order valence-corrected chi connectivity index (χ4v) is 3.92. The van der Waals surface area contributed by atoms with Crippen LogP contribution in [0.15, 0.2) is 36.4 Å². The second-order valence-corrected chi connectivity index (χ2v) is 7.35. The van der Waals surface area contributed by atoms with Crippen LogP contribution >= 0.6 is 0 Å². The standard InChI is InChI=1S/C20H26N4O4/c25-18-6-7-24(13-17(19(18)26)23-8-10-28-11-9-23)20(27)16-12-15(21-22-16)14-4-2-1-3-5-14/h1-5,12,17-19,25-26H,6-11,13H2,(H,21,22)/t17-,18-,19+/m1/s1. The van der Waals surface area contributed by atoms with E-state index in [0.717, 1.165) is 5.56 Å². The summed E-state index contributed by atoms with van der Waals surface area (Å²) in [7, 11) is 0. The van der Waals surface area contributed by atoms with Crippen molar-refractivity contribution >= 4 is 5.91 Å². The molecule has 2 aliphatic heterocycles. The topological polar surface area (TPSA) is 102 Å². The maximum Gasteiger partial charge on any atom is 0.271 e. The van der Waals surface area contributed by atoms with E-state index in [4.69, 9.17) is 4.74 Å². The zero-order valence-electron chi connectivity index (χ0n) is 15.7. The molecule has 2 saturated heterocycles. The van der Waals surface area contributed by atoms with Gasteiger partial charge in [0.1, 0.15) is 5.69 Å². The minimum Gasteiger partial charge on any atom is -0.390 e. The fraction of sp³-hybridized carbons (Fsp3) is 0.500. The molecule has 0 unspecified atom stereocenters. The number of carbonyl (C=O) groups is 1. The molecule has 4 rings (SSSR count). The molecule has 0 radical (unpaired) electrons. The van der Waals surface area contributed by atoms with Crippen molar-refractivity contribution in [2.24, 2.45) is 0 Å². The van der Waals surface area contributed by atoms with Gasteiger partial charge in [-0.05, 0) is 12.5 Å². The van der Waals surface area contributed by atoms with Crippen molar-refractivity contribution in [3.63, 3.8) is 0 Å². The molecule has 150 valence electrons. The average Bonchev–Trinajstić information content (AvgIpc) is 3.19. The van der Waals surface area contributed by atoms with E-state index in [2.05, 4.69) is 15.1 Å². The second kappa shape index (κ2) is 8.40. The van der Waals surface area contributed by atoms with Crippen LogP contribution in [0.4, 0.5) is 0 Å². The van der Waals surface area contributed by atoms with Gasteiger partial charge in [-0.2, -0.15) is 5.10 Å². The zero-order valence-corrected chi connectivity index (χ0v) is 15.7. The first-order chi connectivity index (χ1) is 13.6. The van der Waals surface area contributed by atoms with Crippen LogP contribution in [-0.4, -0.2) is 93.8 Å². The third kappa shape index (κ3) is 3.95. The van der Waals surface area contributed by atoms with Crippen molar-refractivity contribution < 1.29 is 19.7 Å². The first-order valence-corrected chi connectivity index (χ1v) is 9.71. The van der Waals surface area contributed by atoms with Crippen molar-refractivity contribution in [1.82, 2.24) is 20.0 Å². The number of hydrogen-bond donors (Lipinski definition) is 3. The quantitative estimate of drug-likeness (QED) is 0.703. The summed E-state index contributed by atoms with van der Waals surface area (Å²) in [4.78, 5) is 16.9. The first-order valence-electron chi connectivity index (χ1n) is 9.71. The normalized spacial score (nSPS) is 26.8. The number of aliphatic hydroxyl groups is 2. The van der Waals surface area contributed by atoms with E-state index in [0.29, 0.717) is 57.2 Å². The van der Waals surface area contributed by atoms with E-state index in [1.54, 1.807) is 11.0 Å². The van der Waals surface area contributed by atoms with Crippen LogP contribution in [0.3, 0.4) is 0 Å². The lowest BCUT2D eigenvalue weighted by Crippen LogP contribution is -2.55. The lowest BCUT2D eigenvalue weighted by Gasteiger charge is -2.38. The van der Waals surface area contributed by atoms with Crippen LogP contribution in [0.2, 0.25) is 0 Å².